The molecule has 9 aromatic carbocycles. The molecule has 0 saturated carbocycles. The Morgan fingerprint density at radius 1 is 0.345 bits per heavy atom. The van der Waals surface area contributed by atoms with Crippen LogP contribution in [0.1, 0.15) is 22.3 Å². The molecule has 0 amide bonds. The van der Waals surface area contributed by atoms with Gasteiger partial charge in [-0.1, -0.05) is 140 Å². The lowest BCUT2D eigenvalue weighted by molar-refractivity contribution is 0.354. The van der Waals surface area contributed by atoms with E-state index < -0.39 is 5.41 Å². The highest BCUT2D eigenvalue weighted by Gasteiger charge is 2.54. The summed E-state index contributed by atoms with van der Waals surface area (Å²) in [5, 5.41) is 2.50. The van der Waals surface area contributed by atoms with E-state index in [0.29, 0.717) is 0 Å². The van der Waals surface area contributed by atoms with E-state index in [9.17, 15) is 0 Å². The average Bonchev–Trinajstić information content (AvgIpc) is 3.90. The number of aromatic nitrogens is 1. The molecule has 0 N–H and O–H groups in total. The van der Waals surface area contributed by atoms with E-state index in [1.54, 1.807) is 0 Å². The molecule has 3 heteroatoms. The van der Waals surface area contributed by atoms with Crippen LogP contribution in [-0.4, -0.2) is 4.57 Å². The standard InChI is InChI=1S/C55H33NO2/c1-2-15-38(16-3-1)56-48-22-9-6-19-42(48)44-32-36(26-29-49(44)56)34-13-12-14-35(31-34)37-25-27-41-43-28-30-52-54(58-51-24-11-10-23-50(51)57-52)53(43)55(47(41)33-37)45-20-7-4-17-39(45)40-18-5-8-21-46(40)55/h1-33H. The zero-order valence-corrected chi connectivity index (χ0v) is 31.3. The van der Waals surface area contributed by atoms with Gasteiger partial charge >= 0.3 is 0 Å². The van der Waals surface area contributed by atoms with Crippen LogP contribution in [0, 0.1) is 0 Å². The third-order valence-electron chi connectivity index (χ3n) is 12.7. The van der Waals surface area contributed by atoms with Gasteiger partial charge in [-0.3, -0.25) is 0 Å². The Morgan fingerprint density at radius 3 is 1.72 bits per heavy atom. The molecule has 2 aliphatic carbocycles. The Bertz CT molecular complexity index is 3310. The van der Waals surface area contributed by atoms with E-state index in [4.69, 9.17) is 9.47 Å². The predicted molar refractivity (Wildman–Crippen MR) is 235 cm³/mol. The Kier molecular flexibility index (Phi) is 6.37. The molecule has 10 aromatic rings. The van der Waals surface area contributed by atoms with E-state index in [2.05, 4.69) is 180 Å². The number of hydrogen-bond donors (Lipinski definition) is 0. The first-order chi connectivity index (χ1) is 28.8. The second-order valence-corrected chi connectivity index (χ2v) is 15.6. The van der Waals surface area contributed by atoms with Gasteiger partial charge < -0.3 is 14.0 Å². The summed E-state index contributed by atoms with van der Waals surface area (Å²) >= 11 is 0. The van der Waals surface area contributed by atoms with E-state index in [-0.39, 0.29) is 0 Å². The van der Waals surface area contributed by atoms with Crippen molar-refractivity contribution in [2.45, 2.75) is 5.41 Å². The van der Waals surface area contributed by atoms with Gasteiger partial charge in [0.15, 0.2) is 23.0 Å². The SMILES string of the molecule is c1ccc(-n2c3ccccc3c3cc(-c4cccc(-c5ccc6c(c5)C5(c7ccccc7-c7ccccc75)c5c-6ccc6c5Oc5ccccc5O6)c4)ccc32)cc1. The normalized spacial score (nSPS) is 13.6. The van der Waals surface area contributed by atoms with Crippen molar-refractivity contribution in [3.05, 3.63) is 222 Å². The van der Waals surface area contributed by atoms with E-state index in [1.807, 2.05) is 24.3 Å². The molecule has 0 radical (unpaired) electrons. The van der Waals surface area contributed by atoms with Crippen LogP contribution in [0.2, 0.25) is 0 Å². The van der Waals surface area contributed by atoms with E-state index in [1.165, 1.54) is 83.0 Å². The van der Waals surface area contributed by atoms with Crippen LogP contribution in [0.5, 0.6) is 23.0 Å². The van der Waals surface area contributed by atoms with Crippen LogP contribution >= 0.6 is 0 Å². The lowest BCUT2D eigenvalue weighted by atomic mass is 9.70. The molecule has 1 aliphatic heterocycles. The molecule has 0 saturated heterocycles. The largest absolute Gasteiger partial charge is 0.450 e. The molecule has 2 heterocycles. The van der Waals surface area contributed by atoms with Crippen molar-refractivity contribution in [1.29, 1.82) is 0 Å². The summed E-state index contributed by atoms with van der Waals surface area (Å²) in [6.07, 6.45) is 0. The van der Waals surface area contributed by atoms with Gasteiger partial charge in [0, 0.05) is 22.0 Å². The first kappa shape index (κ1) is 31.6. The van der Waals surface area contributed by atoms with Crippen LogP contribution in [0.25, 0.3) is 72.0 Å². The monoisotopic (exact) mass is 739 g/mol. The molecule has 0 bridgehead atoms. The van der Waals surface area contributed by atoms with Crippen LogP contribution < -0.4 is 9.47 Å². The Hall–Kier alpha value is -7.62. The second-order valence-electron chi connectivity index (χ2n) is 15.6. The minimum atomic E-state index is -0.607. The van der Waals surface area contributed by atoms with Crippen molar-refractivity contribution in [3.63, 3.8) is 0 Å². The van der Waals surface area contributed by atoms with Crippen LogP contribution in [0.3, 0.4) is 0 Å². The average molecular weight is 740 g/mol. The molecule has 13 rings (SSSR count). The molecule has 0 unspecified atom stereocenters. The van der Waals surface area contributed by atoms with Crippen molar-refractivity contribution in [1.82, 2.24) is 4.57 Å². The topological polar surface area (TPSA) is 23.4 Å². The number of nitrogens with zero attached hydrogens (tertiary/aromatic N) is 1. The third-order valence-corrected chi connectivity index (χ3v) is 12.7. The molecular formula is C55H33NO2. The quantitative estimate of drug-likeness (QED) is 0.180. The molecule has 3 nitrogen and oxygen atoms in total. The highest BCUT2D eigenvalue weighted by Crippen LogP contribution is 2.67. The van der Waals surface area contributed by atoms with Crippen molar-refractivity contribution in [3.8, 4) is 73.2 Å². The molecule has 58 heavy (non-hydrogen) atoms. The van der Waals surface area contributed by atoms with Gasteiger partial charge in [-0.25, -0.2) is 0 Å². The summed E-state index contributed by atoms with van der Waals surface area (Å²) in [5.41, 5.74) is 17.5. The van der Waals surface area contributed by atoms with E-state index in [0.717, 1.165) is 34.2 Å². The number of para-hydroxylation sites is 4. The van der Waals surface area contributed by atoms with Gasteiger partial charge in [-0.2, -0.15) is 0 Å². The minimum Gasteiger partial charge on any atom is -0.450 e. The zero-order valence-electron chi connectivity index (χ0n) is 31.3. The molecule has 1 spiro atoms. The predicted octanol–water partition coefficient (Wildman–Crippen LogP) is 14.4. The van der Waals surface area contributed by atoms with Gasteiger partial charge in [0.05, 0.1) is 16.4 Å². The van der Waals surface area contributed by atoms with Crippen molar-refractivity contribution in [2.75, 3.05) is 0 Å². The number of ether oxygens (including phenoxy) is 2. The van der Waals surface area contributed by atoms with E-state index >= 15 is 0 Å². The lowest BCUT2D eigenvalue weighted by Crippen LogP contribution is -2.27. The van der Waals surface area contributed by atoms with Crippen LogP contribution in [0.4, 0.5) is 0 Å². The molecule has 0 fully saturated rings. The maximum atomic E-state index is 6.91. The lowest BCUT2D eigenvalue weighted by Gasteiger charge is -2.33. The fourth-order valence-corrected chi connectivity index (χ4v) is 10.3. The smallest absolute Gasteiger partial charge is 0.175 e. The third kappa shape index (κ3) is 4.17. The molecule has 3 aliphatic rings. The van der Waals surface area contributed by atoms with Gasteiger partial charge in [-0.15, -0.1) is 0 Å². The summed E-state index contributed by atoms with van der Waals surface area (Å²) in [7, 11) is 0. The van der Waals surface area contributed by atoms with Crippen LogP contribution in [0.15, 0.2) is 200 Å². The van der Waals surface area contributed by atoms with Crippen LogP contribution in [-0.2, 0) is 5.41 Å². The maximum absolute atomic E-state index is 6.91. The Labute approximate surface area is 335 Å². The summed E-state index contributed by atoms with van der Waals surface area (Å²) in [5.74, 6) is 2.99. The Balaban J connectivity index is 0.998. The van der Waals surface area contributed by atoms with Crippen molar-refractivity contribution < 1.29 is 9.47 Å². The van der Waals surface area contributed by atoms with Gasteiger partial charge in [0.25, 0.3) is 0 Å². The summed E-state index contributed by atoms with van der Waals surface area (Å²) < 4.78 is 15.9. The van der Waals surface area contributed by atoms with Gasteiger partial charge in [0.2, 0.25) is 0 Å². The fraction of sp³-hybridized carbons (Fsp3) is 0.0182. The number of rotatable bonds is 3. The van der Waals surface area contributed by atoms with Crippen molar-refractivity contribution in [2.24, 2.45) is 0 Å². The minimum absolute atomic E-state index is 0.607. The zero-order chi connectivity index (χ0) is 38.0. The molecule has 1 aromatic heterocycles. The highest BCUT2D eigenvalue weighted by molar-refractivity contribution is 6.10. The first-order valence-corrected chi connectivity index (χ1v) is 19.9. The molecule has 0 atom stereocenters. The molecule has 270 valence electrons. The van der Waals surface area contributed by atoms with Gasteiger partial charge in [-0.05, 0) is 122 Å². The highest BCUT2D eigenvalue weighted by atomic mass is 16.6. The maximum Gasteiger partial charge on any atom is 0.175 e. The second kappa shape index (κ2) is 11.7. The Morgan fingerprint density at radius 2 is 0.931 bits per heavy atom. The number of hydrogen-bond acceptors (Lipinski definition) is 2. The number of benzene rings is 9. The molecular weight excluding hydrogens is 707 g/mol. The summed E-state index contributed by atoms with van der Waals surface area (Å²) in [6, 6.07) is 72.4. The van der Waals surface area contributed by atoms with Gasteiger partial charge in [0.1, 0.15) is 0 Å². The van der Waals surface area contributed by atoms with Crippen molar-refractivity contribution >= 4 is 21.8 Å². The summed E-state index contributed by atoms with van der Waals surface area (Å²) in [6.45, 7) is 0. The summed E-state index contributed by atoms with van der Waals surface area (Å²) in [4.78, 5) is 0. The fourth-order valence-electron chi connectivity index (χ4n) is 10.3. The first-order valence-electron chi connectivity index (χ1n) is 19.9. The number of fused-ring (bicyclic) bond motifs is 16.